The van der Waals surface area contributed by atoms with Crippen molar-refractivity contribution in [2.75, 3.05) is 6.54 Å². The second-order valence-electron chi connectivity index (χ2n) is 4.03. The minimum absolute atomic E-state index is 0.0499. The molecule has 5 heteroatoms. The fourth-order valence-electron chi connectivity index (χ4n) is 1.49. The summed E-state index contributed by atoms with van der Waals surface area (Å²) in [6.07, 6.45) is 0. The lowest BCUT2D eigenvalue weighted by Gasteiger charge is -2.14. The molecule has 0 saturated carbocycles. The summed E-state index contributed by atoms with van der Waals surface area (Å²) in [4.78, 5) is 23.2. The summed E-state index contributed by atoms with van der Waals surface area (Å²) >= 11 is 0. The van der Waals surface area contributed by atoms with Gasteiger partial charge < -0.3 is 10.6 Å². The van der Waals surface area contributed by atoms with E-state index in [1.807, 2.05) is 0 Å². The van der Waals surface area contributed by atoms with Gasteiger partial charge in [-0.15, -0.1) is 0 Å². The Bertz CT molecular complexity index is 460. The van der Waals surface area contributed by atoms with Crippen molar-refractivity contribution in [1.29, 1.82) is 0 Å². The smallest absolute Gasteiger partial charge is 0.254 e. The molecule has 0 heterocycles. The molecule has 1 aromatic carbocycles. The standard InChI is InChI=1S/C13H17FN2O2/c1-4-15-12(17)9(3)16-13(18)10-7-5-6-8(2)11(10)14/h5-7,9H,4H2,1-3H3,(H,15,17)(H,16,18). The van der Waals surface area contributed by atoms with Crippen LogP contribution in [0.4, 0.5) is 4.39 Å². The number of hydrogen-bond acceptors (Lipinski definition) is 2. The summed E-state index contributed by atoms with van der Waals surface area (Å²) in [6.45, 7) is 5.40. The average molecular weight is 252 g/mol. The topological polar surface area (TPSA) is 58.2 Å². The van der Waals surface area contributed by atoms with E-state index in [1.165, 1.54) is 6.07 Å². The van der Waals surface area contributed by atoms with Crippen molar-refractivity contribution >= 4 is 11.8 Å². The van der Waals surface area contributed by atoms with Gasteiger partial charge in [-0.3, -0.25) is 9.59 Å². The first kappa shape index (κ1) is 14.2. The quantitative estimate of drug-likeness (QED) is 0.850. The van der Waals surface area contributed by atoms with Gasteiger partial charge in [0.1, 0.15) is 11.9 Å². The van der Waals surface area contributed by atoms with Crippen LogP contribution in [-0.4, -0.2) is 24.4 Å². The second-order valence-corrected chi connectivity index (χ2v) is 4.03. The predicted octanol–water partition coefficient (Wildman–Crippen LogP) is 1.39. The zero-order chi connectivity index (χ0) is 13.7. The molecule has 2 amide bonds. The molecule has 1 rings (SSSR count). The van der Waals surface area contributed by atoms with Crippen molar-refractivity contribution < 1.29 is 14.0 Å². The van der Waals surface area contributed by atoms with Crippen LogP contribution < -0.4 is 10.6 Å². The Kier molecular flexibility index (Phi) is 4.83. The van der Waals surface area contributed by atoms with Crippen LogP contribution in [0.25, 0.3) is 0 Å². The fraction of sp³-hybridized carbons (Fsp3) is 0.385. The van der Waals surface area contributed by atoms with Crippen molar-refractivity contribution in [3.8, 4) is 0 Å². The Balaban J connectivity index is 2.77. The van der Waals surface area contributed by atoms with E-state index in [4.69, 9.17) is 0 Å². The third-order valence-electron chi connectivity index (χ3n) is 2.53. The SMILES string of the molecule is CCNC(=O)C(C)NC(=O)c1cccc(C)c1F. The molecular weight excluding hydrogens is 235 g/mol. The Labute approximate surface area is 106 Å². The minimum Gasteiger partial charge on any atom is -0.355 e. The number of carbonyl (C=O) groups is 2. The van der Waals surface area contributed by atoms with Crippen LogP contribution in [0.2, 0.25) is 0 Å². The van der Waals surface area contributed by atoms with Crippen molar-refractivity contribution in [3.63, 3.8) is 0 Å². The lowest BCUT2D eigenvalue weighted by Crippen LogP contribution is -2.44. The lowest BCUT2D eigenvalue weighted by atomic mass is 10.1. The molecule has 0 aliphatic carbocycles. The molecule has 1 aromatic rings. The molecule has 18 heavy (non-hydrogen) atoms. The molecule has 0 aliphatic heterocycles. The van der Waals surface area contributed by atoms with E-state index in [0.29, 0.717) is 12.1 Å². The first-order valence-corrected chi connectivity index (χ1v) is 5.81. The fourth-order valence-corrected chi connectivity index (χ4v) is 1.49. The highest BCUT2D eigenvalue weighted by Crippen LogP contribution is 2.11. The molecule has 1 atom stereocenters. The molecule has 2 N–H and O–H groups in total. The molecule has 0 bridgehead atoms. The molecule has 0 fully saturated rings. The van der Waals surface area contributed by atoms with Crippen LogP contribution in [0.5, 0.6) is 0 Å². The Hall–Kier alpha value is -1.91. The summed E-state index contributed by atoms with van der Waals surface area (Å²) < 4.78 is 13.7. The lowest BCUT2D eigenvalue weighted by molar-refractivity contribution is -0.122. The Morgan fingerprint density at radius 1 is 1.39 bits per heavy atom. The van der Waals surface area contributed by atoms with E-state index >= 15 is 0 Å². The molecule has 0 aliphatic rings. The van der Waals surface area contributed by atoms with Gasteiger partial charge in [0.05, 0.1) is 5.56 Å². The van der Waals surface area contributed by atoms with E-state index < -0.39 is 17.8 Å². The maximum atomic E-state index is 13.7. The summed E-state index contributed by atoms with van der Waals surface area (Å²) in [5.41, 5.74) is 0.347. The van der Waals surface area contributed by atoms with Crippen LogP contribution in [0, 0.1) is 12.7 Å². The highest BCUT2D eigenvalue weighted by Gasteiger charge is 2.18. The first-order chi connectivity index (χ1) is 8.47. The monoisotopic (exact) mass is 252 g/mol. The Morgan fingerprint density at radius 2 is 2.06 bits per heavy atom. The molecule has 0 aromatic heterocycles. The van der Waals surface area contributed by atoms with E-state index in [2.05, 4.69) is 10.6 Å². The first-order valence-electron chi connectivity index (χ1n) is 5.81. The summed E-state index contributed by atoms with van der Waals surface area (Å²) in [5, 5.41) is 5.04. The molecule has 4 nitrogen and oxygen atoms in total. The van der Waals surface area contributed by atoms with Crippen molar-refractivity contribution in [3.05, 3.63) is 35.1 Å². The van der Waals surface area contributed by atoms with Gasteiger partial charge in [-0.2, -0.15) is 0 Å². The third-order valence-corrected chi connectivity index (χ3v) is 2.53. The molecule has 1 unspecified atom stereocenters. The zero-order valence-electron chi connectivity index (χ0n) is 10.7. The third kappa shape index (κ3) is 3.29. The number of hydrogen-bond donors (Lipinski definition) is 2. The summed E-state index contributed by atoms with van der Waals surface area (Å²) in [7, 11) is 0. The van der Waals surface area contributed by atoms with Crippen LogP contribution in [0.1, 0.15) is 29.8 Å². The summed E-state index contributed by atoms with van der Waals surface area (Å²) in [6, 6.07) is 3.88. The molecule has 0 saturated heterocycles. The van der Waals surface area contributed by atoms with Gasteiger partial charge in [-0.1, -0.05) is 12.1 Å². The van der Waals surface area contributed by atoms with Gasteiger partial charge in [-0.05, 0) is 32.4 Å². The number of benzene rings is 1. The van der Waals surface area contributed by atoms with Crippen LogP contribution in [-0.2, 0) is 4.79 Å². The van der Waals surface area contributed by atoms with Crippen LogP contribution >= 0.6 is 0 Å². The number of aryl methyl sites for hydroxylation is 1. The Morgan fingerprint density at radius 3 is 2.67 bits per heavy atom. The number of amides is 2. The second kappa shape index (κ2) is 6.14. The van der Waals surface area contributed by atoms with E-state index in [1.54, 1.807) is 32.9 Å². The number of carbonyl (C=O) groups excluding carboxylic acids is 2. The highest BCUT2D eigenvalue weighted by molar-refractivity contribution is 5.97. The number of nitrogens with one attached hydrogen (secondary N) is 2. The van der Waals surface area contributed by atoms with Gasteiger partial charge in [0.25, 0.3) is 5.91 Å². The van der Waals surface area contributed by atoms with Gasteiger partial charge in [0, 0.05) is 6.54 Å². The number of likely N-dealkylation sites (N-methyl/N-ethyl adjacent to an activating group) is 1. The van der Waals surface area contributed by atoms with Crippen LogP contribution in [0.3, 0.4) is 0 Å². The highest BCUT2D eigenvalue weighted by atomic mass is 19.1. The molecular formula is C13H17FN2O2. The summed E-state index contributed by atoms with van der Waals surface area (Å²) in [5.74, 6) is -1.44. The average Bonchev–Trinajstić information content (AvgIpc) is 2.32. The normalized spacial score (nSPS) is 11.8. The van der Waals surface area contributed by atoms with E-state index in [9.17, 15) is 14.0 Å². The maximum Gasteiger partial charge on any atom is 0.254 e. The minimum atomic E-state index is -0.697. The van der Waals surface area contributed by atoms with Gasteiger partial charge in [0.2, 0.25) is 5.91 Å². The van der Waals surface area contributed by atoms with Crippen LogP contribution in [0.15, 0.2) is 18.2 Å². The van der Waals surface area contributed by atoms with E-state index in [-0.39, 0.29) is 11.5 Å². The molecule has 98 valence electrons. The largest absolute Gasteiger partial charge is 0.355 e. The van der Waals surface area contributed by atoms with Gasteiger partial charge in [0.15, 0.2) is 0 Å². The van der Waals surface area contributed by atoms with Crippen molar-refractivity contribution in [2.24, 2.45) is 0 Å². The van der Waals surface area contributed by atoms with Crippen molar-refractivity contribution in [2.45, 2.75) is 26.8 Å². The van der Waals surface area contributed by atoms with Gasteiger partial charge in [-0.25, -0.2) is 4.39 Å². The van der Waals surface area contributed by atoms with E-state index in [0.717, 1.165) is 0 Å². The predicted molar refractivity (Wildman–Crippen MR) is 66.7 cm³/mol. The maximum absolute atomic E-state index is 13.7. The zero-order valence-corrected chi connectivity index (χ0v) is 10.7. The van der Waals surface area contributed by atoms with Gasteiger partial charge >= 0.3 is 0 Å². The van der Waals surface area contributed by atoms with Crippen molar-refractivity contribution in [1.82, 2.24) is 10.6 Å². The number of halogens is 1. The molecule has 0 spiro atoms. The molecule has 0 radical (unpaired) electrons. The number of rotatable bonds is 4.